The van der Waals surface area contributed by atoms with Gasteiger partial charge < -0.3 is 23.8 Å². The van der Waals surface area contributed by atoms with Crippen molar-refractivity contribution >= 4 is 53.7 Å². The Morgan fingerprint density at radius 1 is 1.07 bits per heavy atom. The van der Waals surface area contributed by atoms with E-state index in [1.165, 1.54) is 0 Å². The summed E-state index contributed by atoms with van der Waals surface area (Å²) in [7, 11) is 2.37. The molecular weight excluding hydrogens is 622 g/mol. The summed E-state index contributed by atoms with van der Waals surface area (Å²) in [6, 6.07) is 4.94. The van der Waals surface area contributed by atoms with Crippen LogP contribution in [0.4, 0.5) is 10.7 Å². The molecule has 248 valence electrons. The summed E-state index contributed by atoms with van der Waals surface area (Å²) in [6.45, 7) is 14.6. The van der Waals surface area contributed by atoms with Gasteiger partial charge in [0.1, 0.15) is 12.3 Å². The molecule has 2 bridgehead atoms. The molecule has 6 rings (SSSR count). The van der Waals surface area contributed by atoms with Crippen molar-refractivity contribution in [1.29, 1.82) is 0 Å². The average Bonchev–Trinajstić information content (AvgIpc) is 3.51. The number of ether oxygens (including phenoxy) is 2. The molecule has 46 heavy (non-hydrogen) atoms. The molecule has 4 aromatic rings. The van der Waals surface area contributed by atoms with Crippen LogP contribution in [0.3, 0.4) is 0 Å². The van der Waals surface area contributed by atoms with Gasteiger partial charge in [0.05, 0.1) is 15.9 Å². The van der Waals surface area contributed by atoms with Crippen molar-refractivity contribution in [2.24, 2.45) is 14.1 Å². The molecule has 0 aliphatic carbocycles. The second kappa shape index (κ2) is 12.0. The standard InChI is InChI=1S/C33H46ClN7O4Si/c1-33(2,3)45-32(43)39-16-21-10-9-11-22(17-39)41(21)31-35-29-27(30(42)38(31)5)24(19-40(29)20-44-14-15-46(6,7)8)23-12-13-26-25(28(23)34)18-37(4)36-26/h12-13,18-19,21-22H,9-11,14-17,20H2,1-8H3. The highest BCUT2D eigenvalue weighted by Gasteiger charge is 2.42. The van der Waals surface area contributed by atoms with E-state index in [1.54, 1.807) is 16.3 Å². The lowest BCUT2D eigenvalue weighted by molar-refractivity contribution is 0.0153. The van der Waals surface area contributed by atoms with Gasteiger partial charge in [0.25, 0.3) is 5.56 Å². The SMILES string of the molecule is Cn1cc2c(Cl)c(-c3cn(COCC[Si](C)(C)C)c4nc(N5C6CCCC5CN(C(=O)OC(C)(C)C)C6)n(C)c(=O)c34)ccc2n1. The molecule has 2 saturated heterocycles. The van der Waals surface area contributed by atoms with Crippen molar-refractivity contribution in [2.75, 3.05) is 24.6 Å². The Kier molecular flexibility index (Phi) is 8.52. The van der Waals surface area contributed by atoms with Crippen LogP contribution in [-0.4, -0.2) is 80.3 Å². The maximum atomic E-state index is 14.4. The molecule has 5 heterocycles. The van der Waals surface area contributed by atoms with Crippen molar-refractivity contribution in [1.82, 2.24) is 28.8 Å². The lowest BCUT2D eigenvalue weighted by Gasteiger charge is -2.50. The van der Waals surface area contributed by atoms with E-state index in [1.807, 2.05) is 61.8 Å². The first-order valence-corrected chi connectivity index (χ1v) is 20.3. The number of fused-ring (bicyclic) bond motifs is 4. The minimum atomic E-state index is -1.29. The Balaban J connectivity index is 1.43. The number of rotatable bonds is 7. The number of amides is 1. The van der Waals surface area contributed by atoms with Crippen LogP contribution in [0.25, 0.3) is 33.1 Å². The second-order valence-corrected chi connectivity index (χ2v) is 21.0. The Labute approximate surface area is 276 Å². The molecule has 3 aromatic heterocycles. The van der Waals surface area contributed by atoms with Crippen LogP contribution in [0, 0.1) is 0 Å². The number of benzene rings is 1. The number of aryl methyl sites for hydroxylation is 1. The highest BCUT2D eigenvalue weighted by molar-refractivity contribution is 6.76. The molecule has 0 saturated carbocycles. The zero-order valence-electron chi connectivity index (χ0n) is 28.3. The fraction of sp³-hybridized carbons (Fsp3) is 0.576. The van der Waals surface area contributed by atoms with Gasteiger partial charge in [0.2, 0.25) is 5.95 Å². The predicted molar refractivity (Wildman–Crippen MR) is 186 cm³/mol. The van der Waals surface area contributed by atoms with E-state index in [2.05, 4.69) is 29.6 Å². The minimum absolute atomic E-state index is 0.0221. The maximum Gasteiger partial charge on any atom is 0.410 e. The number of hydrogen-bond acceptors (Lipinski definition) is 7. The maximum absolute atomic E-state index is 14.4. The minimum Gasteiger partial charge on any atom is -0.444 e. The Hall–Kier alpha value is -3.35. The normalized spacial score (nSPS) is 19.0. The first-order valence-electron chi connectivity index (χ1n) is 16.2. The van der Waals surface area contributed by atoms with Gasteiger partial charge in [-0.3, -0.25) is 14.0 Å². The molecule has 1 amide bonds. The molecule has 2 fully saturated rings. The van der Waals surface area contributed by atoms with Gasteiger partial charge in [0.15, 0.2) is 5.65 Å². The van der Waals surface area contributed by atoms with Gasteiger partial charge in [0, 0.05) is 82.9 Å². The van der Waals surface area contributed by atoms with Gasteiger partial charge in [-0.25, -0.2) is 4.79 Å². The fourth-order valence-electron chi connectivity index (χ4n) is 6.68. The molecule has 0 radical (unpaired) electrons. The van der Waals surface area contributed by atoms with Crippen LogP contribution in [0.2, 0.25) is 30.7 Å². The molecule has 2 atom stereocenters. The van der Waals surface area contributed by atoms with Crippen molar-refractivity contribution < 1.29 is 14.3 Å². The van der Waals surface area contributed by atoms with Crippen LogP contribution in [0.1, 0.15) is 40.0 Å². The molecular formula is C33H46ClN7O4Si. The summed E-state index contributed by atoms with van der Waals surface area (Å²) in [4.78, 5) is 36.7. The molecule has 2 aliphatic rings. The molecule has 0 N–H and O–H groups in total. The molecule has 2 aliphatic heterocycles. The third-order valence-corrected chi connectivity index (χ3v) is 11.0. The highest BCUT2D eigenvalue weighted by atomic mass is 35.5. The summed E-state index contributed by atoms with van der Waals surface area (Å²) in [6.07, 6.45) is 6.40. The first kappa shape index (κ1) is 32.6. The number of piperazine rings is 1. The second-order valence-electron chi connectivity index (χ2n) is 15.0. The number of nitrogens with zero attached hydrogens (tertiary/aromatic N) is 7. The van der Waals surface area contributed by atoms with Crippen molar-refractivity contribution in [2.45, 2.75) is 90.1 Å². The number of carbonyl (C=O) groups excluding carboxylic acids is 1. The van der Waals surface area contributed by atoms with Crippen LogP contribution in [0.15, 0.2) is 29.3 Å². The largest absolute Gasteiger partial charge is 0.444 e. The molecule has 13 heteroatoms. The van der Waals surface area contributed by atoms with Crippen molar-refractivity contribution in [3.63, 3.8) is 0 Å². The zero-order chi connectivity index (χ0) is 33.1. The molecule has 11 nitrogen and oxygen atoms in total. The van der Waals surface area contributed by atoms with Gasteiger partial charge in [-0.15, -0.1) is 0 Å². The zero-order valence-corrected chi connectivity index (χ0v) is 30.0. The van der Waals surface area contributed by atoms with Gasteiger partial charge in [-0.1, -0.05) is 37.3 Å². The molecule has 1 aromatic carbocycles. The van der Waals surface area contributed by atoms with E-state index in [0.29, 0.717) is 47.3 Å². The summed E-state index contributed by atoms with van der Waals surface area (Å²) in [5.41, 5.74) is 2.11. The smallest absolute Gasteiger partial charge is 0.410 e. The summed E-state index contributed by atoms with van der Waals surface area (Å²) >= 11 is 7.00. The third-order valence-electron chi connectivity index (χ3n) is 8.94. The fourth-order valence-corrected chi connectivity index (χ4v) is 7.74. The Morgan fingerprint density at radius 3 is 2.41 bits per heavy atom. The van der Waals surface area contributed by atoms with E-state index in [0.717, 1.165) is 41.8 Å². The van der Waals surface area contributed by atoms with Crippen LogP contribution >= 0.6 is 11.6 Å². The quantitative estimate of drug-likeness (QED) is 0.170. The molecule has 0 spiro atoms. The number of anilines is 1. The van der Waals surface area contributed by atoms with E-state index in [4.69, 9.17) is 26.1 Å². The number of carbonyl (C=O) groups is 1. The lowest BCUT2D eigenvalue weighted by Crippen LogP contribution is -2.63. The topological polar surface area (TPSA) is 99.6 Å². The monoisotopic (exact) mass is 667 g/mol. The number of halogens is 1. The Bertz CT molecular complexity index is 1840. The van der Waals surface area contributed by atoms with Crippen molar-refractivity contribution in [3.05, 3.63) is 39.9 Å². The number of piperidine rings is 1. The van der Waals surface area contributed by atoms with Crippen LogP contribution in [0.5, 0.6) is 0 Å². The van der Waals surface area contributed by atoms with Crippen LogP contribution in [-0.2, 0) is 30.3 Å². The van der Waals surface area contributed by atoms with E-state index >= 15 is 0 Å². The predicted octanol–water partition coefficient (Wildman–Crippen LogP) is 6.23. The lowest BCUT2D eigenvalue weighted by atomic mass is 9.91. The van der Waals surface area contributed by atoms with Crippen molar-refractivity contribution in [3.8, 4) is 11.1 Å². The number of aromatic nitrogens is 5. The number of likely N-dealkylation sites (tertiary alicyclic amines) is 1. The van der Waals surface area contributed by atoms with Gasteiger partial charge in [-0.05, 0) is 52.1 Å². The van der Waals surface area contributed by atoms with E-state index < -0.39 is 13.7 Å². The van der Waals surface area contributed by atoms with E-state index in [9.17, 15) is 9.59 Å². The third kappa shape index (κ3) is 6.31. The van der Waals surface area contributed by atoms with Gasteiger partial charge >= 0.3 is 6.09 Å². The van der Waals surface area contributed by atoms with E-state index in [-0.39, 0.29) is 30.5 Å². The summed E-state index contributed by atoms with van der Waals surface area (Å²) in [5.74, 6) is 0.609. The summed E-state index contributed by atoms with van der Waals surface area (Å²) < 4.78 is 17.3. The highest BCUT2D eigenvalue weighted by Crippen LogP contribution is 2.39. The first-order chi connectivity index (χ1) is 21.6. The van der Waals surface area contributed by atoms with Gasteiger partial charge in [-0.2, -0.15) is 10.1 Å². The molecule has 2 unspecified atom stereocenters. The Morgan fingerprint density at radius 2 is 1.76 bits per heavy atom. The summed E-state index contributed by atoms with van der Waals surface area (Å²) in [5, 5.41) is 6.37. The number of hydrogen-bond donors (Lipinski definition) is 0. The van der Waals surface area contributed by atoms with Crippen LogP contribution < -0.4 is 10.5 Å². The average molecular weight is 668 g/mol.